The van der Waals surface area contributed by atoms with Gasteiger partial charge < -0.3 is 9.99 Å². The molecular weight excluding hydrogens is 254 g/mol. The monoisotopic (exact) mass is 267 g/mol. The highest BCUT2D eigenvalue weighted by Gasteiger charge is 2.11. The van der Waals surface area contributed by atoms with Crippen molar-refractivity contribution >= 4 is 21.0 Å². The minimum Gasteiger partial charge on any atom is -0.350 e. The highest BCUT2D eigenvalue weighted by atomic mass is 32.2. The first kappa shape index (κ1) is 12.6. The number of nitrogens with zero attached hydrogens (tertiary/aromatic N) is 2. The number of fused-ring (bicyclic) bond motifs is 1. The van der Waals surface area contributed by atoms with E-state index in [4.69, 9.17) is 4.55 Å². The van der Waals surface area contributed by atoms with E-state index in [1.807, 2.05) is 17.8 Å². The Morgan fingerprint density at radius 3 is 2.67 bits per heavy atom. The van der Waals surface area contributed by atoms with Crippen LogP contribution in [0.25, 0.3) is 10.9 Å². The van der Waals surface area contributed by atoms with Crippen LogP contribution in [0.5, 0.6) is 0 Å². The van der Waals surface area contributed by atoms with Gasteiger partial charge in [-0.25, -0.2) is 0 Å². The highest BCUT2D eigenvalue weighted by Crippen LogP contribution is 2.15. The molecule has 0 saturated heterocycles. The van der Waals surface area contributed by atoms with Gasteiger partial charge in [-0.05, 0) is 24.3 Å². The van der Waals surface area contributed by atoms with Crippen molar-refractivity contribution < 1.29 is 13.0 Å². The lowest BCUT2D eigenvalue weighted by atomic mass is 10.2. The standard InChI is InChI=1S/C11H13N3O3S/c1-12-13-10-5-6-14(2)11-4-3-8(7-9(10)11)18(15,16)17/h3-7,12H,1-2H3,(H,15,16,17)/b13-10+. The number of aromatic nitrogens is 1. The Morgan fingerprint density at radius 2 is 2.06 bits per heavy atom. The summed E-state index contributed by atoms with van der Waals surface area (Å²) in [6.07, 6.45) is 1.83. The van der Waals surface area contributed by atoms with E-state index >= 15 is 0 Å². The minimum absolute atomic E-state index is 0.145. The number of aryl methyl sites for hydroxylation is 1. The molecular formula is C11H13N3O3S. The minimum atomic E-state index is -4.21. The Balaban J connectivity index is 2.91. The zero-order valence-electron chi connectivity index (χ0n) is 9.95. The second kappa shape index (κ2) is 4.43. The van der Waals surface area contributed by atoms with E-state index in [9.17, 15) is 8.42 Å². The number of rotatable bonds is 2. The third-order valence-electron chi connectivity index (χ3n) is 2.61. The Hall–Kier alpha value is -1.86. The lowest BCUT2D eigenvalue weighted by molar-refractivity contribution is 0.483. The molecule has 2 rings (SSSR count). The smallest absolute Gasteiger partial charge is 0.294 e. The van der Waals surface area contributed by atoms with Gasteiger partial charge in [0.1, 0.15) is 0 Å². The third-order valence-corrected chi connectivity index (χ3v) is 3.46. The van der Waals surface area contributed by atoms with E-state index in [0.29, 0.717) is 10.7 Å². The summed E-state index contributed by atoms with van der Waals surface area (Å²) in [5.74, 6) is 0. The summed E-state index contributed by atoms with van der Waals surface area (Å²) in [5, 5.41) is 5.31. The molecule has 0 atom stereocenters. The van der Waals surface area contributed by atoms with Gasteiger partial charge >= 0.3 is 0 Å². The summed E-state index contributed by atoms with van der Waals surface area (Å²) in [6, 6.07) is 6.15. The summed E-state index contributed by atoms with van der Waals surface area (Å²) in [6.45, 7) is 0. The maximum Gasteiger partial charge on any atom is 0.294 e. The van der Waals surface area contributed by atoms with Crippen LogP contribution < -0.4 is 10.8 Å². The summed E-state index contributed by atoms with van der Waals surface area (Å²) < 4.78 is 33.2. The van der Waals surface area contributed by atoms with E-state index in [-0.39, 0.29) is 4.90 Å². The average Bonchev–Trinajstić information content (AvgIpc) is 2.31. The Bertz CT molecular complexity index is 763. The van der Waals surface area contributed by atoms with Crippen molar-refractivity contribution in [2.45, 2.75) is 4.90 Å². The molecule has 96 valence electrons. The van der Waals surface area contributed by atoms with Gasteiger partial charge in [-0.1, -0.05) is 0 Å². The van der Waals surface area contributed by atoms with Crippen molar-refractivity contribution in [1.29, 1.82) is 0 Å². The number of hydrogen-bond acceptors (Lipinski definition) is 4. The van der Waals surface area contributed by atoms with Gasteiger partial charge in [0.05, 0.1) is 15.8 Å². The molecule has 1 aromatic carbocycles. The zero-order valence-corrected chi connectivity index (χ0v) is 10.8. The second-order valence-electron chi connectivity index (χ2n) is 3.80. The fraction of sp³-hybridized carbons (Fsp3) is 0.182. The van der Waals surface area contributed by atoms with Crippen LogP contribution >= 0.6 is 0 Å². The van der Waals surface area contributed by atoms with Crippen molar-refractivity contribution in [3.63, 3.8) is 0 Å². The highest BCUT2D eigenvalue weighted by molar-refractivity contribution is 7.85. The fourth-order valence-electron chi connectivity index (χ4n) is 1.76. The maximum absolute atomic E-state index is 11.1. The predicted molar refractivity (Wildman–Crippen MR) is 67.4 cm³/mol. The molecule has 7 heteroatoms. The molecule has 0 aliphatic rings. The van der Waals surface area contributed by atoms with Gasteiger partial charge in [-0.3, -0.25) is 4.55 Å². The lowest BCUT2D eigenvalue weighted by Crippen LogP contribution is -2.12. The molecule has 0 aliphatic carbocycles. The molecule has 1 heterocycles. The molecule has 18 heavy (non-hydrogen) atoms. The number of pyridine rings is 1. The zero-order chi connectivity index (χ0) is 13.3. The summed E-state index contributed by atoms with van der Waals surface area (Å²) in [4.78, 5) is -0.145. The van der Waals surface area contributed by atoms with Gasteiger partial charge in [-0.2, -0.15) is 13.5 Å². The Labute approximate surface area is 104 Å². The average molecular weight is 267 g/mol. The molecule has 0 bridgehead atoms. The maximum atomic E-state index is 11.1. The quantitative estimate of drug-likeness (QED) is 0.611. The summed E-state index contributed by atoms with van der Waals surface area (Å²) in [5.41, 5.74) is 3.48. The molecule has 0 spiro atoms. The van der Waals surface area contributed by atoms with Crippen molar-refractivity contribution in [1.82, 2.24) is 9.99 Å². The van der Waals surface area contributed by atoms with E-state index in [1.165, 1.54) is 12.1 Å². The van der Waals surface area contributed by atoms with E-state index < -0.39 is 10.1 Å². The lowest BCUT2D eigenvalue weighted by Gasteiger charge is -2.07. The first-order valence-corrected chi connectivity index (χ1v) is 6.65. The van der Waals surface area contributed by atoms with Crippen LogP contribution in [-0.2, 0) is 17.2 Å². The van der Waals surface area contributed by atoms with Crippen LogP contribution in [0.15, 0.2) is 40.5 Å². The summed E-state index contributed by atoms with van der Waals surface area (Å²) >= 11 is 0. The van der Waals surface area contributed by atoms with Crippen molar-refractivity contribution in [2.75, 3.05) is 7.05 Å². The fourth-order valence-corrected chi connectivity index (χ4v) is 2.27. The molecule has 0 amide bonds. The molecule has 0 radical (unpaired) electrons. The van der Waals surface area contributed by atoms with Crippen LogP contribution in [0.4, 0.5) is 0 Å². The van der Waals surface area contributed by atoms with Gasteiger partial charge in [-0.15, -0.1) is 0 Å². The SMILES string of the molecule is CN/N=c1\ccn(C)c2ccc(S(=O)(=O)O)cc12. The van der Waals surface area contributed by atoms with Crippen LogP contribution in [-0.4, -0.2) is 24.6 Å². The topological polar surface area (TPSA) is 83.7 Å². The first-order chi connectivity index (χ1) is 8.43. The first-order valence-electron chi connectivity index (χ1n) is 5.21. The number of nitrogens with one attached hydrogen (secondary N) is 1. The van der Waals surface area contributed by atoms with Gasteiger partial charge in [0, 0.05) is 25.7 Å². The molecule has 0 unspecified atom stereocenters. The molecule has 2 N–H and O–H groups in total. The van der Waals surface area contributed by atoms with Crippen LogP contribution in [0.1, 0.15) is 0 Å². The molecule has 0 aliphatic heterocycles. The van der Waals surface area contributed by atoms with E-state index in [0.717, 1.165) is 5.52 Å². The van der Waals surface area contributed by atoms with Crippen molar-refractivity contribution in [2.24, 2.45) is 12.1 Å². The number of hydrogen-bond donors (Lipinski definition) is 2. The third kappa shape index (κ3) is 2.22. The normalized spacial score (nSPS) is 12.9. The molecule has 1 aromatic heterocycles. The number of benzene rings is 1. The van der Waals surface area contributed by atoms with Crippen molar-refractivity contribution in [3.8, 4) is 0 Å². The molecule has 0 saturated carbocycles. The molecule has 0 fully saturated rings. The summed E-state index contributed by atoms with van der Waals surface area (Å²) in [7, 11) is -0.706. The molecule has 2 aromatic rings. The van der Waals surface area contributed by atoms with Gasteiger partial charge in [0.2, 0.25) is 0 Å². The largest absolute Gasteiger partial charge is 0.350 e. The Morgan fingerprint density at radius 1 is 1.33 bits per heavy atom. The van der Waals surface area contributed by atoms with E-state index in [1.54, 1.807) is 19.2 Å². The van der Waals surface area contributed by atoms with Crippen LogP contribution in [0.3, 0.4) is 0 Å². The molecule has 6 nitrogen and oxygen atoms in total. The predicted octanol–water partition coefficient (Wildman–Crippen LogP) is 0.460. The second-order valence-corrected chi connectivity index (χ2v) is 5.22. The van der Waals surface area contributed by atoms with Crippen LogP contribution in [0.2, 0.25) is 0 Å². The van der Waals surface area contributed by atoms with Crippen molar-refractivity contribution in [3.05, 3.63) is 35.8 Å². The van der Waals surface area contributed by atoms with Gasteiger partial charge in [0.25, 0.3) is 10.1 Å². The van der Waals surface area contributed by atoms with E-state index in [2.05, 4.69) is 10.5 Å². The Kier molecular flexibility index (Phi) is 3.10. The van der Waals surface area contributed by atoms with Crippen LogP contribution in [0, 0.1) is 0 Å². The van der Waals surface area contributed by atoms with Gasteiger partial charge in [0.15, 0.2) is 0 Å².